The molecule has 2 rings (SSSR count). The Bertz CT molecular complexity index is 392. The van der Waals surface area contributed by atoms with Crippen LogP contribution in [0.25, 0.3) is 0 Å². The Balaban J connectivity index is 2.06. The summed E-state index contributed by atoms with van der Waals surface area (Å²) in [5, 5.41) is 12.3. The summed E-state index contributed by atoms with van der Waals surface area (Å²) in [6.45, 7) is 2.55. The highest BCUT2D eigenvalue weighted by Crippen LogP contribution is 2.10. The summed E-state index contributed by atoms with van der Waals surface area (Å²) in [7, 11) is 0. The van der Waals surface area contributed by atoms with Crippen molar-refractivity contribution < 1.29 is 14.6 Å². The van der Waals surface area contributed by atoms with Gasteiger partial charge in [0.15, 0.2) is 0 Å². The fourth-order valence-electron chi connectivity index (χ4n) is 1.75. The molecule has 1 aliphatic heterocycles. The number of aliphatic hydroxyl groups excluding tert-OH is 1. The first-order valence-corrected chi connectivity index (χ1v) is 5.31. The Hall–Kier alpha value is -1.39. The molecule has 1 aliphatic rings. The molecule has 1 aromatic carbocycles. The third-order valence-electron chi connectivity index (χ3n) is 2.76. The van der Waals surface area contributed by atoms with E-state index in [1.807, 2.05) is 25.1 Å². The first-order valence-electron chi connectivity index (χ1n) is 5.31. The molecule has 0 bridgehead atoms. The van der Waals surface area contributed by atoms with Crippen molar-refractivity contribution >= 4 is 5.91 Å². The van der Waals surface area contributed by atoms with E-state index in [0.29, 0.717) is 18.8 Å². The molecule has 0 radical (unpaired) electrons. The first-order chi connectivity index (χ1) is 7.68. The van der Waals surface area contributed by atoms with Crippen LogP contribution in [0.1, 0.15) is 15.9 Å². The van der Waals surface area contributed by atoms with Gasteiger partial charge in [0.2, 0.25) is 0 Å². The van der Waals surface area contributed by atoms with Gasteiger partial charge < -0.3 is 15.2 Å². The van der Waals surface area contributed by atoms with Crippen LogP contribution in [0.3, 0.4) is 0 Å². The van der Waals surface area contributed by atoms with Crippen LogP contribution in [0.5, 0.6) is 0 Å². The van der Waals surface area contributed by atoms with E-state index in [1.54, 1.807) is 6.07 Å². The second kappa shape index (κ2) is 4.63. The second-order valence-corrected chi connectivity index (χ2v) is 4.00. The highest BCUT2D eigenvalue weighted by atomic mass is 16.5. The van der Waals surface area contributed by atoms with Gasteiger partial charge in [0.25, 0.3) is 5.91 Å². The number of carbonyl (C=O) groups excluding carboxylic acids is 1. The summed E-state index contributed by atoms with van der Waals surface area (Å²) >= 11 is 0. The molecule has 86 valence electrons. The Morgan fingerprint density at radius 1 is 1.44 bits per heavy atom. The molecule has 4 heteroatoms. The fraction of sp³-hybridized carbons (Fsp3) is 0.417. The normalized spacial score (nSPS) is 24.4. The molecule has 0 saturated carbocycles. The van der Waals surface area contributed by atoms with Crippen LogP contribution in [0.15, 0.2) is 24.3 Å². The topological polar surface area (TPSA) is 58.6 Å². The zero-order valence-corrected chi connectivity index (χ0v) is 9.14. The van der Waals surface area contributed by atoms with Crippen LogP contribution < -0.4 is 5.32 Å². The number of hydrogen-bond donors (Lipinski definition) is 2. The zero-order chi connectivity index (χ0) is 11.5. The standard InChI is InChI=1S/C12H15NO3/c1-8-4-2-3-5-9(8)12(15)13-10-6-16-7-11(10)14/h2-5,10-11,14H,6-7H2,1H3,(H,13,15)/t10-,11-/m1/s1. The number of amides is 1. The van der Waals surface area contributed by atoms with Crippen LogP contribution in [0.2, 0.25) is 0 Å². The van der Waals surface area contributed by atoms with Crippen molar-refractivity contribution in [3.63, 3.8) is 0 Å². The summed E-state index contributed by atoms with van der Waals surface area (Å²) in [6, 6.07) is 7.07. The fourth-order valence-corrected chi connectivity index (χ4v) is 1.75. The molecule has 0 spiro atoms. The number of nitrogens with one attached hydrogen (secondary N) is 1. The van der Waals surface area contributed by atoms with Gasteiger partial charge in [-0.05, 0) is 18.6 Å². The highest BCUT2D eigenvalue weighted by Gasteiger charge is 2.27. The molecule has 1 saturated heterocycles. The lowest BCUT2D eigenvalue weighted by Gasteiger charge is -2.15. The minimum Gasteiger partial charge on any atom is -0.388 e. The van der Waals surface area contributed by atoms with E-state index in [4.69, 9.17) is 4.74 Å². The Morgan fingerprint density at radius 3 is 2.81 bits per heavy atom. The summed E-state index contributed by atoms with van der Waals surface area (Å²) in [4.78, 5) is 11.9. The van der Waals surface area contributed by atoms with Crippen LogP contribution in [-0.2, 0) is 4.74 Å². The van der Waals surface area contributed by atoms with Crippen molar-refractivity contribution in [2.24, 2.45) is 0 Å². The lowest BCUT2D eigenvalue weighted by Crippen LogP contribution is -2.42. The Morgan fingerprint density at radius 2 is 2.19 bits per heavy atom. The summed E-state index contributed by atoms with van der Waals surface area (Å²) in [5.41, 5.74) is 1.56. The van der Waals surface area contributed by atoms with Crippen molar-refractivity contribution in [3.8, 4) is 0 Å². The van der Waals surface area contributed by atoms with E-state index in [1.165, 1.54) is 0 Å². The van der Waals surface area contributed by atoms with Gasteiger partial charge in [-0.25, -0.2) is 0 Å². The molecule has 0 aromatic heterocycles. The number of aryl methyl sites for hydroxylation is 1. The average molecular weight is 221 g/mol. The van der Waals surface area contributed by atoms with Gasteiger partial charge >= 0.3 is 0 Å². The number of benzene rings is 1. The van der Waals surface area contributed by atoms with Crippen molar-refractivity contribution in [1.29, 1.82) is 0 Å². The van der Waals surface area contributed by atoms with E-state index < -0.39 is 6.10 Å². The maximum atomic E-state index is 11.9. The Labute approximate surface area is 94.2 Å². The number of rotatable bonds is 2. The molecular weight excluding hydrogens is 206 g/mol. The van der Waals surface area contributed by atoms with E-state index in [9.17, 15) is 9.90 Å². The van der Waals surface area contributed by atoms with Gasteiger partial charge in [0.05, 0.1) is 25.4 Å². The predicted molar refractivity (Wildman–Crippen MR) is 59.3 cm³/mol. The van der Waals surface area contributed by atoms with Crippen molar-refractivity contribution in [1.82, 2.24) is 5.32 Å². The zero-order valence-electron chi connectivity index (χ0n) is 9.14. The molecule has 4 nitrogen and oxygen atoms in total. The maximum absolute atomic E-state index is 11.9. The van der Waals surface area contributed by atoms with E-state index >= 15 is 0 Å². The molecule has 2 atom stereocenters. The average Bonchev–Trinajstić information content (AvgIpc) is 2.65. The minimum absolute atomic E-state index is 0.160. The van der Waals surface area contributed by atoms with Crippen LogP contribution in [0.4, 0.5) is 0 Å². The summed E-state index contributed by atoms with van der Waals surface area (Å²) in [5.74, 6) is -0.160. The first kappa shape index (κ1) is 11.1. The van der Waals surface area contributed by atoms with Gasteiger partial charge in [-0.1, -0.05) is 18.2 Å². The van der Waals surface area contributed by atoms with Crippen LogP contribution in [0, 0.1) is 6.92 Å². The third-order valence-corrected chi connectivity index (χ3v) is 2.76. The van der Waals surface area contributed by atoms with Crippen LogP contribution in [-0.4, -0.2) is 36.4 Å². The van der Waals surface area contributed by atoms with Gasteiger partial charge in [-0.3, -0.25) is 4.79 Å². The minimum atomic E-state index is -0.604. The van der Waals surface area contributed by atoms with Gasteiger partial charge in [0, 0.05) is 5.56 Å². The predicted octanol–water partition coefficient (Wildman–Crippen LogP) is 0.485. The SMILES string of the molecule is Cc1ccccc1C(=O)N[C@@H]1COC[C@H]1O. The molecule has 1 aromatic rings. The van der Waals surface area contributed by atoms with Gasteiger partial charge in [0.1, 0.15) is 0 Å². The maximum Gasteiger partial charge on any atom is 0.251 e. The molecular formula is C12H15NO3. The lowest BCUT2D eigenvalue weighted by molar-refractivity contribution is 0.0886. The summed E-state index contributed by atoms with van der Waals surface area (Å²) < 4.78 is 5.07. The largest absolute Gasteiger partial charge is 0.388 e. The lowest BCUT2D eigenvalue weighted by atomic mass is 10.1. The molecule has 0 aliphatic carbocycles. The number of aliphatic hydroxyl groups is 1. The highest BCUT2D eigenvalue weighted by molar-refractivity contribution is 5.95. The smallest absolute Gasteiger partial charge is 0.251 e. The molecule has 16 heavy (non-hydrogen) atoms. The number of carbonyl (C=O) groups is 1. The second-order valence-electron chi connectivity index (χ2n) is 4.00. The van der Waals surface area contributed by atoms with Gasteiger partial charge in [-0.15, -0.1) is 0 Å². The molecule has 0 unspecified atom stereocenters. The molecule has 1 fully saturated rings. The van der Waals surface area contributed by atoms with E-state index in [0.717, 1.165) is 5.56 Å². The quantitative estimate of drug-likeness (QED) is 0.764. The molecule has 1 heterocycles. The monoisotopic (exact) mass is 221 g/mol. The van der Waals surface area contributed by atoms with E-state index in [2.05, 4.69) is 5.32 Å². The molecule has 1 amide bonds. The van der Waals surface area contributed by atoms with Crippen molar-refractivity contribution in [3.05, 3.63) is 35.4 Å². The number of ether oxygens (including phenoxy) is 1. The third kappa shape index (κ3) is 2.23. The Kier molecular flexibility index (Phi) is 3.22. The summed E-state index contributed by atoms with van der Waals surface area (Å²) in [6.07, 6.45) is -0.604. The number of hydrogen-bond acceptors (Lipinski definition) is 3. The van der Waals surface area contributed by atoms with Crippen LogP contribution >= 0.6 is 0 Å². The van der Waals surface area contributed by atoms with Crippen molar-refractivity contribution in [2.45, 2.75) is 19.1 Å². The van der Waals surface area contributed by atoms with E-state index in [-0.39, 0.29) is 11.9 Å². The molecule has 2 N–H and O–H groups in total. The van der Waals surface area contributed by atoms with Gasteiger partial charge in [-0.2, -0.15) is 0 Å². The van der Waals surface area contributed by atoms with Crippen molar-refractivity contribution in [2.75, 3.05) is 13.2 Å².